The number of ether oxygens (including phenoxy) is 1. The Morgan fingerprint density at radius 1 is 1.20 bits per heavy atom. The van der Waals surface area contributed by atoms with E-state index in [4.69, 9.17) is 10.00 Å². The van der Waals surface area contributed by atoms with Crippen molar-refractivity contribution in [2.75, 3.05) is 0 Å². The van der Waals surface area contributed by atoms with Gasteiger partial charge in [-0.15, -0.1) is 0 Å². The Bertz CT molecular complexity index is 675. The van der Waals surface area contributed by atoms with Gasteiger partial charge in [0.2, 0.25) is 5.88 Å². The highest BCUT2D eigenvalue weighted by Crippen LogP contribution is 2.32. The number of alkyl halides is 3. The van der Waals surface area contributed by atoms with Crippen molar-refractivity contribution in [1.82, 2.24) is 4.98 Å². The maximum Gasteiger partial charge on any atom is 0.416 e. The summed E-state index contributed by atoms with van der Waals surface area (Å²) in [5, 5.41) is 8.79. The molecule has 0 saturated carbocycles. The van der Waals surface area contributed by atoms with E-state index in [0.717, 1.165) is 17.7 Å². The summed E-state index contributed by atoms with van der Waals surface area (Å²) in [7, 11) is 0. The van der Waals surface area contributed by atoms with Crippen molar-refractivity contribution in [3.63, 3.8) is 0 Å². The number of aromatic nitrogens is 1. The highest BCUT2D eigenvalue weighted by Gasteiger charge is 2.30. The van der Waals surface area contributed by atoms with Crippen LogP contribution in [0.1, 0.15) is 16.8 Å². The Kier molecular flexibility index (Phi) is 3.61. The van der Waals surface area contributed by atoms with Crippen molar-refractivity contribution >= 4 is 0 Å². The van der Waals surface area contributed by atoms with Gasteiger partial charge in [0.1, 0.15) is 17.5 Å². The molecule has 0 bridgehead atoms. The Hall–Kier alpha value is -2.55. The van der Waals surface area contributed by atoms with Crippen LogP contribution < -0.4 is 4.74 Å². The van der Waals surface area contributed by atoms with E-state index in [-0.39, 0.29) is 17.3 Å². The number of nitriles is 1. The van der Waals surface area contributed by atoms with Gasteiger partial charge in [-0.05, 0) is 36.8 Å². The van der Waals surface area contributed by atoms with Gasteiger partial charge in [-0.3, -0.25) is 0 Å². The number of aryl methyl sites for hydroxylation is 1. The minimum atomic E-state index is -4.43. The SMILES string of the molecule is Cc1cc(C#N)nc(Oc2cccc(C(F)(F)F)c2)c1. The molecule has 0 amide bonds. The number of nitrogens with zero attached hydrogens (tertiary/aromatic N) is 2. The van der Waals surface area contributed by atoms with Gasteiger partial charge in [0.05, 0.1) is 5.56 Å². The molecular formula is C14H9F3N2O. The minimum absolute atomic E-state index is 0.0156. The quantitative estimate of drug-likeness (QED) is 0.831. The van der Waals surface area contributed by atoms with Crippen LogP contribution in [0.2, 0.25) is 0 Å². The summed E-state index contributed by atoms with van der Waals surface area (Å²) in [6.07, 6.45) is -4.43. The molecule has 102 valence electrons. The number of rotatable bonds is 2. The molecule has 1 aromatic heterocycles. The number of benzene rings is 1. The second-order valence-corrected chi connectivity index (χ2v) is 4.11. The molecule has 0 unspecified atom stereocenters. The molecule has 1 aromatic carbocycles. The lowest BCUT2D eigenvalue weighted by Crippen LogP contribution is -2.04. The standard InChI is InChI=1S/C14H9F3N2O/c1-9-5-11(8-18)19-13(6-9)20-12-4-2-3-10(7-12)14(15,16)17/h2-7H,1H3. The van der Waals surface area contributed by atoms with Crippen molar-refractivity contribution in [2.45, 2.75) is 13.1 Å². The summed E-state index contributed by atoms with van der Waals surface area (Å²) in [6.45, 7) is 1.74. The molecule has 0 spiro atoms. The lowest BCUT2D eigenvalue weighted by Gasteiger charge is -2.09. The molecule has 2 rings (SSSR count). The fraction of sp³-hybridized carbons (Fsp3) is 0.143. The first kappa shape index (κ1) is 13.9. The van der Waals surface area contributed by atoms with E-state index in [1.807, 2.05) is 6.07 Å². The van der Waals surface area contributed by atoms with Crippen LogP contribution in [0.5, 0.6) is 11.6 Å². The fourth-order valence-electron chi connectivity index (χ4n) is 1.60. The Labute approximate surface area is 113 Å². The van der Waals surface area contributed by atoms with Crippen LogP contribution in [-0.2, 0) is 6.18 Å². The molecule has 20 heavy (non-hydrogen) atoms. The van der Waals surface area contributed by atoms with E-state index in [0.29, 0.717) is 0 Å². The highest BCUT2D eigenvalue weighted by atomic mass is 19.4. The maximum atomic E-state index is 12.6. The van der Waals surface area contributed by atoms with Crippen LogP contribution in [-0.4, -0.2) is 4.98 Å². The molecule has 0 atom stereocenters. The van der Waals surface area contributed by atoms with Gasteiger partial charge in [0.15, 0.2) is 0 Å². The predicted octanol–water partition coefficient (Wildman–Crippen LogP) is 4.07. The Balaban J connectivity index is 2.31. The molecule has 6 heteroatoms. The number of hydrogen-bond donors (Lipinski definition) is 0. The molecule has 0 aliphatic rings. The van der Waals surface area contributed by atoms with Crippen LogP contribution in [0, 0.1) is 18.3 Å². The molecule has 2 aromatic rings. The maximum absolute atomic E-state index is 12.6. The van der Waals surface area contributed by atoms with Crippen LogP contribution in [0.15, 0.2) is 36.4 Å². The van der Waals surface area contributed by atoms with Crippen molar-refractivity contribution < 1.29 is 17.9 Å². The van der Waals surface area contributed by atoms with Crippen molar-refractivity contribution in [1.29, 1.82) is 5.26 Å². The summed E-state index contributed by atoms with van der Waals surface area (Å²) in [6, 6.07) is 9.44. The van der Waals surface area contributed by atoms with Gasteiger partial charge >= 0.3 is 6.18 Å². The van der Waals surface area contributed by atoms with Gasteiger partial charge in [0.25, 0.3) is 0 Å². The zero-order valence-electron chi connectivity index (χ0n) is 10.4. The summed E-state index contributed by atoms with van der Waals surface area (Å²) in [5.74, 6) is 0.0997. The zero-order valence-corrected chi connectivity index (χ0v) is 10.4. The normalized spacial score (nSPS) is 10.9. The first-order valence-corrected chi connectivity index (χ1v) is 5.62. The smallest absolute Gasteiger partial charge is 0.416 e. The summed E-state index contributed by atoms with van der Waals surface area (Å²) in [5.41, 5.74) is 0.0775. The van der Waals surface area contributed by atoms with Crippen LogP contribution in [0.3, 0.4) is 0 Å². The summed E-state index contributed by atoms with van der Waals surface area (Å²) < 4.78 is 43.0. The molecule has 0 fully saturated rings. The van der Waals surface area contributed by atoms with Crippen LogP contribution >= 0.6 is 0 Å². The summed E-state index contributed by atoms with van der Waals surface area (Å²) >= 11 is 0. The Morgan fingerprint density at radius 2 is 1.95 bits per heavy atom. The lowest BCUT2D eigenvalue weighted by atomic mass is 10.2. The van der Waals surface area contributed by atoms with Crippen LogP contribution in [0.4, 0.5) is 13.2 Å². The average molecular weight is 278 g/mol. The van der Waals surface area contributed by atoms with Gasteiger partial charge < -0.3 is 4.74 Å². The largest absolute Gasteiger partial charge is 0.439 e. The third-order valence-electron chi connectivity index (χ3n) is 2.44. The predicted molar refractivity (Wildman–Crippen MR) is 65.2 cm³/mol. The van der Waals surface area contributed by atoms with Gasteiger partial charge in [0, 0.05) is 6.07 Å². The first-order chi connectivity index (χ1) is 9.38. The third-order valence-corrected chi connectivity index (χ3v) is 2.44. The fourth-order valence-corrected chi connectivity index (χ4v) is 1.60. The van der Waals surface area contributed by atoms with E-state index >= 15 is 0 Å². The topological polar surface area (TPSA) is 45.9 Å². The monoisotopic (exact) mass is 278 g/mol. The second kappa shape index (κ2) is 5.21. The van der Waals surface area contributed by atoms with Gasteiger partial charge in [-0.25, -0.2) is 4.98 Å². The van der Waals surface area contributed by atoms with Crippen molar-refractivity contribution in [2.24, 2.45) is 0 Å². The number of hydrogen-bond acceptors (Lipinski definition) is 3. The van der Waals surface area contributed by atoms with Gasteiger partial charge in [-0.2, -0.15) is 18.4 Å². The third kappa shape index (κ3) is 3.26. The number of halogens is 3. The van der Waals surface area contributed by atoms with E-state index < -0.39 is 11.7 Å². The van der Waals surface area contributed by atoms with E-state index in [1.54, 1.807) is 19.1 Å². The lowest BCUT2D eigenvalue weighted by molar-refractivity contribution is -0.137. The second-order valence-electron chi connectivity index (χ2n) is 4.11. The molecule has 3 nitrogen and oxygen atoms in total. The van der Waals surface area contributed by atoms with E-state index in [1.165, 1.54) is 12.1 Å². The number of pyridine rings is 1. The highest BCUT2D eigenvalue weighted by molar-refractivity contribution is 5.36. The Morgan fingerprint density at radius 3 is 2.60 bits per heavy atom. The molecule has 0 aliphatic carbocycles. The molecular weight excluding hydrogens is 269 g/mol. The zero-order chi connectivity index (χ0) is 14.8. The van der Waals surface area contributed by atoms with Crippen molar-refractivity contribution in [3.8, 4) is 17.7 Å². The van der Waals surface area contributed by atoms with Crippen molar-refractivity contribution in [3.05, 3.63) is 53.2 Å². The first-order valence-electron chi connectivity index (χ1n) is 5.62. The van der Waals surface area contributed by atoms with Gasteiger partial charge in [-0.1, -0.05) is 6.07 Å². The van der Waals surface area contributed by atoms with Crippen LogP contribution in [0.25, 0.3) is 0 Å². The molecule has 1 heterocycles. The van der Waals surface area contributed by atoms with E-state index in [2.05, 4.69) is 4.98 Å². The molecule has 0 aliphatic heterocycles. The summed E-state index contributed by atoms with van der Waals surface area (Å²) in [4.78, 5) is 3.87. The molecule has 0 saturated heterocycles. The van der Waals surface area contributed by atoms with E-state index in [9.17, 15) is 13.2 Å². The molecule has 0 N–H and O–H groups in total. The average Bonchev–Trinajstić information content (AvgIpc) is 2.37. The molecule has 0 radical (unpaired) electrons. The minimum Gasteiger partial charge on any atom is -0.439 e.